The van der Waals surface area contributed by atoms with E-state index in [-0.39, 0.29) is 11.3 Å². The minimum atomic E-state index is -0.492. The van der Waals surface area contributed by atoms with Crippen LogP contribution in [0.25, 0.3) is 22.6 Å². The molecule has 0 radical (unpaired) electrons. The minimum Gasteiger partial charge on any atom is -0.329 e. The molecule has 35 heavy (non-hydrogen) atoms. The van der Waals surface area contributed by atoms with E-state index < -0.39 is 5.69 Å². The maximum Gasteiger partial charge on any atom is 0.352 e. The first-order valence-corrected chi connectivity index (χ1v) is 13.1. The normalized spacial score (nSPS) is 12.7. The molecule has 0 saturated heterocycles. The number of aryl methyl sites for hydroxylation is 2. The Hall–Kier alpha value is -2.58. The molecule has 0 unspecified atom stereocenters. The molecule has 1 aromatic carbocycles. The van der Waals surface area contributed by atoms with Crippen LogP contribution < -0.4 is 11.2 Å². The van der Waals surface area contributed by atoms with Crippen LogP contribution in [0.1, 0.15) is 51.7 Å². The van der Waals surface area contributed by atoms with Crippen molar-refractivity contribution in [3.05, 3.63) is 44.1 Å². The number of fused-ring (bicyclic) bond motifs is 2. The van der Waals surface area contributed by atoms with Crippen LogP contribution in [0, 0.1) is 6.92 Å². The van der Waals surface area contributed by atoms with Gasteiger partial charge >= 0.3 is 5.69 Å². The third kappa shape index (κ3) is 5.64. The van der Waals surface area contributed by atoms with E-state index in [1.54, 1.807) is 0 Å². The Bertz CT molecular complexity index is 1260. The van der Waals surface area contributed by atoms with Gasteiger partial charge in [0, 0.05) is 12.1 Å². The Morgan fingerprint density at radius 2 is 1.54 bits per heavy atom. The van der Waals surface area contributed by atoms with Crippen molar-refractivity contribution < 1.29 is 8.97 Å². The summed E-state index contributed by atoms with van der Waals surface area (Å²) in [5.74, 6) is 0.402. The zero-order valence-electron chi connectivity index (χ0n) is 23.0. The van der Waals surface area contributed by atoms with E-state index >= 15 is 0 Å². The van der Waals surface area contributed by atoms with Crippen molar-refractivity contribution in [2.75, 3.05) is 47.3 Å². The van der Waals surface area contributed by atoms with Gasteiger partial charge in [0.1, 0.15) is 6.54 Å². The van der Waals surface area contributed by atoms with Crippen LogP contribution in [-0.2, 0) is 19.6 Å². The predicted octanol–water partition coefficient (Wildman–Crippen LogP) is 3.25. The maximum atomic E-state index is 13.4. The van der Waals surface area contributed by atoms with Gasteiger partial charge in [-0.05, 0) is 51.8 Å². The number of benzene rings is 1. The molecule has 0 aromatic heterocycles. The first-order valence-electron chi connectivity index (χ1n) is 13.1. The van der Waals surface area contributed by atoms with Gasteiger partial charge in [-0.15, -0.1) is 0 Å². The van der Waals surface area contributed by atoms with Crippen molar-refractivity contribution in [1.29, 1.82) is 0 Å². The number of quaternary nitrogens is 2. The molecule has 0 atom stereocenters. The highest BCUT2D eigenvalue weighted by Crippen LogP contribution is 2.27. The van der Waals surface area contributed by atoms with E-state index in [1.165, 1.54) is 15.7 Å². The highest BCUT2D eigenvalue weighted by atomic mass is 16.2. The number of hydrogen-bond donors (Lipinski definition) is 0. The van der Waals surface area contributed by atoms with Crippen LogP contribution in [0.5, 0.6) is 0 Å². The summed E-state index contributed by atoms with van der Waals surface area (Å²) in [6.07, 6.45) is 1.94. The third-order valence-electron chi connectivity index (χ3n) is 7.55. The summed E-state index contributed by atoms with van der Waals surface area (Å²) < 4.78 is 4.96. The summed E-state index contributed by atoms with van der Waals surface area (Å²) in [4.78, 5) is 35.6. The number of rotatable bonds is 11. The SMILES string of the molecule is CCCCn1c2nc(=O)n(CC[N+](C)(C)C)c(=O)c-2nc2cc(C)c(C[N+](CC)(CC)CC)cc21. The average Bonchev–Trinajstić information content (AvgIpc) is 2.80. The van der Waals surface area contributed by atoms with Crippen molar-refractivity contribution in [2.24, 2.45) is 0 Å². The molecule has 3 rings (SSSR count). The zero-order chi connectivity index (χ0) is 26.0. The van der Waals surface area contributed by atoms with E-state index in [0.717, 1.165) is 54.5 Å². The second-order valence-corrected chi connectivity index (χ2v) is 10.9. The molecular formula is C27H44N6O2+2. The molecule has 2 aliphatic rings. The van der Waals surface area contributed by atoms with Gasteiger partial charge in [-0.25, -0.2) is 9.78 Å². The summed E-state index contributed by atoms with van der Waals surface area (Å²) in [5.41, 5.74) is 3.64. The van der Waals surface area contributed by atoms with Crippen molar-refractivity contribution in [2.45, 2.75) is 67.1 Å². The first-order chi connectivity index (χ1) is 16.5. The molecule has 2 aliphatic heterocycles. The smallest absolute Gasteiger partial charge is 0.329 e. The van der Waals surface area contributed by atoms with E-state index in [1.807, 2.05) is 21.1 Å². The van der Waals surface area contributed by atoms with Gasteiger partial charge in [0.25, 0.3) is 5.56 Å². The second kappa shape index (κ2) is 10.6. The molecular weight excluding hydrogens is 440 g/mol. The Kier molecular flexibility index (Phi) is 8.17. The molecule has 0 bridgehead atoms. The first kappa shape index (κ1) is 27.0. The van der Waals surface area contributed by atoms with Crippen LogP contribution in [0.2, 0.25) is 0 Å². The van der Waals surface area contributed by atoms with Crippen LogP contribution in [0.15, 0.2) is 21.7 Å². The van der Waals surface area contributed by atoms with Crippen molar-refractivity contribution in [3.8, 4) is 11.5 Å². The van der Waals surface area contributed by atoms with E-state index in [0.29, 0.717) is 29.9 Å². The molecule has 192 valence electrons. The molecule has 8 heteroatoms. The van der Waals surface area contributed by atoms with Crippen LogP contribution in [-0.4, -0.2) is 75.4 Å². The van der Waals surface area contributed by atoms with Gasteiger partial charge in [0.05, 0.1) is 64.9 Å². The topological polar surface area (TPSA) is 69.8 Å². The van der Waals surface area contributed by atoms with Gasteiger partial charge in [0.2, 0.25) is 0 Å². The summed E-state index contributed by atoms with van der Waals surface area (Å²) in [7, 11) is 6.12. The zero-order valence-corrected chi connectivity index (χ0v) is 23.0. The van der Waals surface area contributed by atoms with Gasteiger partial charge in [-0.2, -0.15) is 4.98 Å². The molecule has 0 N–H and O–H groups in total. The number of unbranched alkanes of at least 4 members (excludes halogenated alkanes) is 1. The molecule has 0 aliphatic carbocycles. The lowest BCUT2D eigenvalue weighted by atomic mass is 10.0. The lowest BCUT2D eigenvalue weighted by Gasteiger charge is -2.36. The van der Waals surface area contributed by atoms with E-state index in [4.69, 9.17) is 4.98 Å². The fraction of sp³-hybridized carbons (Fsp3) is 0.630. The minimum absolute atomic E-state index is 0.280. The maximum absolute atomic E-state index is 13.4. The highest BCUT2D eigenvalue weighted by molar-refractivity contribution is 5.81. The van der Waals surface area contributed by atoms with Crippen molar-refractivity contribution >= 4 is 11.0 Å². The van der Waals surface area contributed by atoms with Crippen LogP contribution in [0.4, 0.5) is 0 Å². The highest BCUT2D eigenvalue weighted by Gasteiger charge is 2.25. The fourth-order valence-electron chi connectivity index (χ4n) is 4.74. The number of aromatic nitrogens is 4. The van der Waals surface area contributed by atoms with E-state index in [2.05, 4.69) is 56.3 Å². The quantitative estimate of drug-likeness (QED) is 0.309. The molecule has 0 saturated carbocycles. The summed E-state index contributed by atoms with van der Waals surface area (Å²) >= 11 is 0. The van der Waals surface area contributed by atoms with Crippen molar-refractivity contribution in [1.82, 2.24) is 19.1 Å². The molecule has 0 spiro atoms. The number of nitrogens with zero attached hydrogens (tertiary/aromatic N) is 6. The number of hydrogen-bond acceptors (Lipinski definition) is 4. The lowest BCUT2D eigenvalue weighted by molar-refractivity contribution is -0.936. The average molecular weight is 485 g/mol. The Morgan fingerprint density at radius 1 is 0.886 bits per heavy atom. The Morgan fingerprint density at radius 3 is 2.11 bits per heavy atom. The standard InChI is InChI=1S/C27H44N6O2/c1-9-13-14-30-23-18-21(19-33(10-2,11-3)12-4)20(5)17-22(23)28-24-25(30)29-27(35)31(26(24)34)15-16-32(6,7)8/h17-18H,9-16,19H2,1-8H3/q+2. The lowest BCUT2D eigenvalue weighted by Crippen LogP contribution is -2.46. The summed E-state index contributed by atoms with van der Waals surface area (Å²) in [6.45, 7) is 16.9. The molecule has 1 aromatic rings. The van der Waals surface area contributed by atoms with Gasteiger partial charge in [-0.1, -0.05) is 13.3 Å². The monoisotopic (exact) mass is 484 g/mol. The Labute approximate surface area is 209 Å². The Balaban J connectivity index is 2.27. The van der Waals surface area contributed by atoms with Gasteiger partial charge in [-0.3, -0.25) is 9.36 Å². The van der Waals surface area contributed by atoms with Crippen LogP contribution >= 0.6 is 0 Å². The molecule has 2 heterocycles. The fourth-order valence-corrected chi connectivity index (χ4v) is 4.74. The largest absolute Gasteiger partial charge is 0.352 e. The van der Waals surface area contributed by atoms with Crippen molar-refractivity contribution in [3.63, 3.8) is 0 Å². The predicted molar refractivity (Wildman–Crippen MR) is 143 cm³/mol. The molecule has 0 amide bonds. The third-order valence-corrected chi connectivity index (χ3v) is 7.55. The van der Waals surface area contributed by atoms with Gasteiger partial charge < -0.3 is 13.5 Å². The second-order valence-electron chi connectivity index (χ2n) is 10.9. The summed E-state index contributed by atoms with van der Waals surface area (Å²) in [5, 5.41) is 0. The summed E-state index contributed by atoms with van der Waals surface area (Å²) in [6, 6.07) is 4.32. The van der Waals surface area contributed by atoms with Crippen LogP contribution in [0.3, 0.4) is 0 Å². The van der Waals surface area contributed by atoms with Gasteiger partial charge in [0.15, 0.2) is 11.5 Å². The van der Waals surface area contributed by atoms with E-state index in [9.17, 15) is 9.59 Å². The molecule has 8 nitrogen and oxygen atoms in total. The number of likely N-dealkylation sites (N-methyl/N-ethyl adjacent to an activating group) is 1. The molecule has 0 fully saturated rings.